The van der Waals surface area contributed by atoms with Crippen LogP contribution in [0.25, 0.3) is 0 Å². The lowest BCUT2D eigenvalue weighted by Crippen LogP contribution is -2.47. The van der Waals surface area contributed by atoms with Gasteiger partial charge >= 0.3 is 11.9 Å². The van der Waals surface area contributed by atoms with E-state index in [1.807, 2.05) is 0 Å². The minimum absolute atomic E-state index is 0.182. The highest BCUT2D eigenvalue weighted by atomic mass is 32.2. The zero-order valence-corrected chi connectivity index (χ0v) is 13.2. The second-order valence-electron chi connectivity index (χ2n) is 5.55. The molecule has 1 aromatic rings. The van der Waals surface area contributed by atoms with Crippen LogP contribution in [0.2, 0.25) is 0 Å². The summed E-state index contributed by atoms with van der Waals surface area (Å²) in [5.41, 5.74) is 4.43. The number of benzene rings is 1. The van der Waals surface area contributed by atoms with E-state index in [1.54, 1.807) is 25.5 Å². The van der Waals surface area contributed by atoms with Gasteiger partial charge in [0, 0.05) is 0 Å². The molecule has 0 saturated carbocycles. The Morgan fingerprint density at radius 3 is 2.14 bits per heavy atom. The number of nitrogens with two attached hydrogens (primary N) is 1. The van der Waals surface area contributed by atoms with Crippen LogP contribution in [0.3, 0.4) is 0 Å². The zero-order valence-electron chi connectivity index (χ0n) is 12.4. The van der Waals surface area contributed by atoms with Gasteiger partial charge in [0.15, 0.2) is 6.17 Å². The van der Waals surface area contributed by atoms with Gasteiger partial charge in [0.2, 0.25) is 10.0 Å². The summed E-state index contributed by atoms with van der Waals surface area (Å²) >= 11 is 0. The number of carboxylic acid groups (broad SMARTS) is 1. The molecule has 0 heterocycles. The molecule has 1 atom stereocenters. The van der Waals surface area contributed by atoms with Gasteiger partial charge in [-0.15, -0.1) is 0 Å². The molecule has 4 N–H and O–H groups in total. The molecular formula is C13H18N2O6S. The number of carbonyl (C=O) groups is 2. The van der Waals surface area contributed by atoms with E-state index in [-0.39, 0.29) is 10.6 Å². The van der Waals surface area contributed by atoms with Crippen LogP contribution >= 0.6 is 0 Å². The van der Waals surface area contributed by atoms with E-state index < -0.39 is 33.5 Å². The molecule has 22 heavy (non-hydrogen) atoms. The quantitative estimate of drug-likeness (QED) is 0.401. The third-order valence-electron chi connectivity index (χ3n) is 2.51. The molecule has 0 aliphatic rings. The van der Waals surface area contributed by atoms with Gasteiger partial charge in [-0.3, -0.25) is 4.79 Å². The van der Waals surface area contributed by atoms with Crippen LogP contribution in [0.1, 0.15) is 20.8 Å². The maximum absolute atomic E-state index is 11.9. The molecule has 9 heteroatoms. The highest BCUT2D eigenvalue weighted by molar-refractivity contribution is 7.89. The minimum Gasteiger partial charge on any atom is -0.479 e. The van der Waals surface area contributed by atoms with E-state index in [0.717, 1.165) is 0 Å². The Morgan fingerprint density at radius 2 is 1.73 bits per heavy atom. The van der Waals surface area contributed by atoms with Gasteiger partial charge in [-0.25, -0.2) is 13.2 Å². The second kappa shape index (κ2) is 6.42. The fourth-order valence-corrected chi connectivity index (χ4v) is 2.30. The lowest BCUT2D eigenvalue weighted by atomic mass is 9.97. The van der Waals surface area contributed by atoms with Crippen LogP contribution in [0.4, 0.5) is 0 Å². The number of hydrogen-bond acceptors (Lipinski definition) is 6. The smallest absolute Gasteiger partial charge is 0.336 e. The average molecular weight is 330 g/mol. The predicted octanol–water partition coefficient (Wildman–Crippen LogP) is 0.286. The van der Waals surface area contributed by atoms with Crippen molar-refractivity contribution in [2.75, 3.05) is 0 Å². The van der Waals surface area contributed by atoms with Crippen molar-refractivity contribution in [2.45, 2.75) is 31.8 Å². The van der Waals surface area contributed by atoms with Crippen LogP contribution in [-0.4, -0.2) is 31.6 Å². The summed E-state index contributed by atoms with van der Waals surface area (Å²) in [7, 11) is -4.07. The molecular weight excluding hydrogens is 312 g/mol. The molecule has 0 spiro atoms. The Kier molecular flexibility index (Phi) is 5.28. The first-order valence-electron chi connectivity index (χ1n) is 6.26. The molecule has 0 radical (unpaired) electrons. The third-order valence-corrected chi connectivity index (χ3v) is 3.96. The Balaban J connectivity index is 2.89. The SMILES string of the molecule is CC(C)(C)C(=O)Oc1ccc(S(=O)(=O)NC(N)C(=O)O)cc1. The maximum Gasteiger partial charge on any atom is 0.336 e. The van der Waals surface area contributed by atoms with E-state index in [1.165, 1.54) is 24.3 Å². The summed E-state index contributed by atoms with van der Waals surface area (Å²) in [5, 5.41) is 8.60. The summed E-state index contributed by atoms with van der Waals surface area (Å²) in [6.45, 7) is 5.06. The number of rotatable bonds is 5. The summed E-state index contributed by atoms with van der Waals surface area (Å²) in [4.78, 5) is 22.1. The van der Waals surface area contributed by atoms with Gasteiger partial charge in [-0.05, 0) is 45.0 Å². The number of aliphatic carboxylic acids is 1. The van der Waals surface area contributed by atoms with Crippen molar-refractivity contribution in [3.05, 3.63) is 24.3 Å². The zero-order chi connectivity index (χ0) is 17.1. The van der Waals surface area contributed by atoms with Gasteiger partial charge in [0.25, 0.3) is 0 Å². The fourth-order valence-electron chi connectivity index (χ4n) is 1.23. The second-order valence-corrected chi connectivity index (χ2v) is 7.26. The first-order valence-corrected chi connectivity index (χ1v) is 7.75. The van der Waals surface area contributed by atoms with Crippen LogP contribution in [0, 0.1) is 5.41 Å². The standard InChI is InChI=1S/C13H18N2O6S/c1-13(2,3)12(18)21-8-4-6-9(7-5-8)22(19,20)15-10(14)11(16)17/h4-7,10,15H,14H2,1-3H3,(H,16,17). The lowest BCUT2D eigenvalue weighted by Gasteiger charge is -2.16. The largest absolute Gasteiger partial charge is 0.479 e. The molecule has 0 saturated heterocycles. The van der Waals surface area contributed by atoms with Gasteiger partial charge in [-0.2, -0.15) is 4.72 Å². The molecule has 0 bridgehead atoms. The van der Waals surface area contributed by atoms with Gasteiger partial charge in [-0.1, -0.05) is 0 Å². The van der Waals surface area contributed by atoms with E-state index in [4.69, 9.17) is 15.6 Å². The van der Waals surface area contributed by atoms with Crippen molar-refractivity contribution < 1.29 is 27.9 Å². The van der Waals surface area contributed by atoms with E-state index in [9.17, 15) is 18.0 Å². The first kappa shape index (κ1) is 18.1. The Labute approximate surface area is 128 Å². The molecule has 1 unspecified atom stereocenters. The molecule has 0 fully saturated rings. The summed E-state index contributed by atoms with van der Waals surface area (Å²) in [6.07, 6.45) is -1.75. The third kappa shape index (κ3) is 4.79. The van der Waals surface area contributed by atoms with Gasteiger partial charge in [0.05, 0.1) is 10.3 Å². The van der Waals surface area contributed by atoms with Gasteiger partial charge in [0.1, 0.15) is 5.75 Å². The fraction of sp³-hybridized carbons (Fsp3) is 0.385. The van der Waals surface area contributed by atoms with Crippen molar-refractivity contribution in [3.8, 4) is 5.75 Å². The molecule has 0 aromatic heterocycles. The number of nitrogens with one attached hydrogen (secondary N) is 1. The van der Waals surface area contributed by atoms with Crippen LogP contribution in [0.5, 0.6) is 5.75 Å². The van der Waals surface area contributed by atoms with Crippen molar-refractivity contribution in [2.24, 2.45) is 11.1 Å². The predicted molar refractivity (Wildman–Crippen MR) is 77.5 cm³/mol. The summed E-state index contributed by atoms with van der Waals surface area (Å²) in [5.74, 6) is -1.78. The van der Waals surface area contributed by atoms with Crippen molar-refractivity contribution in [1.29, 1.82) is 0 Å². The topological polar surface area (TPSA) is 136 Å². The highest BCUT2D eigenvalue weighted by Gasteiger charge is 2.25. The first-order chi connectivity index (χ1) is 9.93. The number of esters is 1. The van der Waals surface area contributed by atoms with Crippen LogP contribution < -0.4 is 15.2 Å². The molecule has 1 aromatic carbocycles. The molecule has 122 valence electrons. The molecule has 0 aliphatic carbocycles. The normalized spacial score (nSPS) is 13.5. The van der Waals surface area contributed by atoms with E-state index in [2.05, 4.69) is 0 Å². The van der Waals surface area contributed by atoms with Crippen molar-refractivity contribution in [3.63, 3.8) is 0 Å². The molecule has 8 nitrogen and oxygen atoms in total. The number of hydrogen-bond donors (Lipinski definition) is 3. The monoisotopic (exact) mass is 330 g/mol. The molecule has 0 amide bonds. The van der Waals surface area contributed by atoms with Gasteiger partial charge < -0.3 is 15.6 Å². The Bertz CT molecular complexity index is 661. The maximum atomic E-state index is 11.9. The average Bonchev–Trinajstić information content (AvgIpc) is 2.37. The highest BCUT2D eigenvalue weighted by Crippen LogP contribution is 2.21. The Morgan fingerprint density at radius 1 is 1.23 bits per heavy atom. The van der Waals surface area contributed by atoms with Crippen molar-refractivity contribution in [1.82, 2.24) is 4.72 Å². The van der Waals surface area contributed by atoms with E-state index in [0.29, 0.717) is 0 Å². The number of carbonyl (C=O) groups excluding carboxylic acids is 1. The number of carboxylic acids is 1. The van der Waals surface area contributed by atoms with E-state index >= 15 is 0 Å². The molecule has 0 aliphatic heterocycles. The number of sulfonamides is 1. The Hall–Kier alpha value is -1.97. The number of ether oxygens (including phenoxy) is 1. The summed E-state index contributed by atoms with van der Waals surface area (Å²) < 4.78 is 30.6. The molecule has 1 rings (SSSR count). The van der Waals surface area contributed by atoms with Crippen LogP contribution in [0.15, 0.2) is 29.2 Å². The van der Waals surface area contributed by atoms with Crippen molar-refractivity contribution >= 4 is 22.0 Å². The summed E-state index contributed by atoms with van der Waals surface area (Å²) in [6, 6.07) is 4.96. The lowest BCUT2D eigenvalue weighted by molar-refractivity contribution is -0.143. The van der Waals surface area contributed by atoms with Crippen LogP contribution in [-0.2, 0) is 19.6 Å². The minimum atomic E-state index is -4.07.